The number of hydrogen-bond acceptors (Lipinski definition) is 5. The summed E-state index contributed by atoms with van der Waals surface area (Å²) >= 11 is 0. The number of rotatable bonds is 10. The Kier molecular flexibility index (Phi) is 7.51. The molecule has 5 heteroatoms. The molecule has 0 saturated heterocycles. The monoisotopic (exact) mass is 371 g/mol. The molecule has 0 fully saturated rings. The van der Waals surface area contributed by atoms with Crippen LogP contribution in [0.5, 0.6) is 11.5 Å². The van der Waals surface area contributed by atoms with E-state index in [1.165, 1.54) is 11.1 Å². The van der Waals surface area contributed by atoms with Gasteiger partial charge in [0.1, 0.15) is 18.1 Å². The third kappa shape index (κ3) is 5.96. The van der Waals surface area contributed by atoms with Gasteiger partial charge >= 0.3 is 0 Å². The van der Waals surface area contributed by atoms with E-state index < -0.39 is 6.10 Å². The highest BCUT2D eigenvalue weighted by atomic mass is 16.5. The minimum absolute atomic E-state index is 0.186. The van der Waals surface area contributed by atoms with Crippen LogP contribution in [-0.4, -0.2) is 49.2 Å². The van der Waals surface area contributed by atoms with Gasteiger partial charge in [-0.1, -0.05) is 36.4 Å². The highest BCUT2D eigenvalue weighted by Crippen LogP contribution is 2.34. The lowest BCUT2D eigenvalue weighted by Gasteiger charge is -2.26. The molecule has 5 nitrogen and oxygen atoms in total. The minimum Gasteiger partial charge on any atom is -0.493 e. The lowest BCUT2D eigenvalue weighted by atomic mass is 9.90. The molecule has 2 aromatic rings. The minimum atomic E-state index is -0.522. The molecule has 0 bridgehead atoms. The number of nitrogens with one attached hydrogen (secondary N) is 1. The van der Waals surface area contributed by atoms with Crippen LogP contribution >= 0.6 is 0 Å². The SMILES string of the molecule is OCCCNCCC(O)COc1ccc2c(c1)OCC(c1ccccc1)C2. The third-order valence-electron chi connectivity index (χ3n) is 4.82. The van der Waals surface area contributed by atoms with Crippen molar-refractivity contribution in [3.05, 3.63) is 59.7 Å². The maximum atomic E-state index is 10.0. The Morgan fingerprint density at radius 3 is 2.81 bits per heavy atom. The first-order valence-corrected chi connectivity index (χ1v) is 9.69. The van der Waals surface area contributed by atoms with Gasteiger partial charge in [0.2, 0.25) is 0 Å². The quantitative estimate of drug-likeness (QED) is 0.560. The maximum absolute atomic E-state index is 10.0. The molecule has 0 aromatic heterocycles. The van der Waals surface area contributed by atoms with Crippen LogP contribution in [0.15, 0.2) is 48.5 Å². The van der Waals surface area contributed by atoms with Crippen LogP contribution < -0.4 is 14.8 Å². The topological polar surface area (TPSA) is 71.0 Å². The number of benzene rings is 2. The molecule has 2 aromatic carbocycles. The van der Waals surface area contributed by atoms with Crippen LogP contribution in [0, 0.1) is 0 Å². The predicted molar refractivity (Wildman–Crippen MR) is 106 cm³/mol. The van der Waals surface area contributed by atoms with Crippen LogP contribution in [0.1, 0.15) is 29.9 Å². The van der Waals surface area contributed by atoms with Gasteiger partial charge in [-0.05, 0) is 49.5 Å². The van der Waals surface area contributed by atoms with E-state index in [9.17, 15) is 5.11 Å². The lowest BCUT2D eigenvalue weighted by Crippen LogP contribution is -2.25. The number of aliphatic hydroxyl groups is 2. The van der Waals surface area contributed by atoms with Crippen molar-refractivity contribution in [2.45, 2.75) is 31.3 Å². The third-order valence-corrected chi connectivity index (χ3v) is 4.82. The van der Waals surface area contributed by atoms with E-state index in [-0.39, 0.29) is 13.2 Å². The summed E-state index contributed by atoms with van der Waals surface area (Å²) in [5.41, 5.74) is 2.50. The summed E-state index contributed by atoms with van der Waals surface area (Å²) in [5.74, 6) is 1.98. The summed E-state index contributed by atoms with van der Waals surface area (Å²) in [6.45, 7) is 2.58. The Hall–Kier alpha value is -2.08. The Labute approximate surface area is 160 Å². The average molecular weight is 371 g/mol. The molecule has 2 atom stereocenters. The molecular formula is C22H29NO4. The Morgan fingerprint density at radius 2 is 2.00 bits per heavy atom. The van der Waals surface area contributed by atoms with Crippen molar-refractivity contribution >= 4 is 0 Å². The van der Waals surface area contributed by atoms with Crippen molar-refractivity contribution in [3.63, 3.8) is 0 Å². The first-order valence-electron chi connectivity index (χ1n) is 9.69. The van der Waals surface area contributed by atoms with Gasteiger partial charge in [0, 0.05) is 18.6 Å². The van der Waals surface area contributed by atoms with Gasteiger partial charge in [-0.2, -0.15) is 0 Å². The maximum Gasteiger partial charge on any atom is 0.126 e. The zero-order valence-corrected chi connectivity index (χ0v) is 15.6. The fourth-order valence-electron chi connectivity index (χ4n) is 3.26. The summed E-state index contributed by atoms with van der Waals surface area (Å²) in [4.78, 5) is 0. The van der Waals surface area contributed by atoms with Crippen LogP contribution in [0.25, 0.3) is 0 Å². The normalized spacial score (nSPS) is 17.0. The highest BCUT2D eigenvalue weighted by molar-refractivity contribution is 5.43. The summed E-state index contributed by atoms with van der Waals surface area (Å²) in [6, 6.07) is 16.4. The van der Waals surface area contributed by atoms with E-state index in [1.54, 1.807) is 0 Å². The van der Waals surface area contributed by atoms with Crippen LogP contribution in [0.4, 0.5) is 0 Å². The van der Waals surface area contributed by atoms with Crippen LogP contribution in [0.2, 0.25) is 0 Å². The molecule has 0 aliphatic carbocycles. The molecule has 3 rings (SSSR count). The molecule has 0 radical (unpaired) electrons. The second kappa shape index (κ2) is 10.3. The number of ether oxygens (including phenoxy) is 2. The van der Waals surface area contributed by atoms with E-state index in [0.717, 1.165) is 30.9 Å². The predicted octanol–water partition coefficient (Wildman–Crippen LogP) is 2.51. The van der Waals surface area contributed by atoms with Gasteiger partial charge in [-0.15, -0.1) is 0 Å². The summed E-state index contributed by atoms with van der Waals surface area (Å²) in [6.07, 6.45) is 1.78. The standard InChI is InChI=1S/C22H29NO4/c24-12-4-10-23-11-9-20(25)16-26-21-8-7-18-13-19(15-27-22(18)14-21)17-5-2-1-3-6-17/h1-3,5-8,14,19-20,23-25H,4,9-13,15-16H2. The Balaban J connectivity index is 1.46. The second-order valence-corrected chi connectivity index (χ2v) is 6.97. The second-order valence-electron chi connectivity index (χ2n) is 6.97. The molecular weight excluding hydrogens is 342 g/mol. The summed E-state index contributed by atoms with van der Waals surface area (Å²) in [7, 11) is 0. The van der Waals surface area contributed by atoms with Crippen molar-refractivity contribution in [3.8, 4) is 11.5 Å². The van der Waals surface area contributed by atoms with Crippen molar-refractivity contribution in [2.24, 2.45) is 0 Å². The molecule has 1 heterocycles. The molecule has 1 aliphatic heterocycles. The summed E-state index contributed by atoms with van der Waals surface area (Å²) in [5, 5.41) is 21.9. The van der Waals surface area contributed by atoms with Gasteiger partial charge in [-0.3, -0.25) is 0 Å². The van der Waals surface area contributed by atoms with Crippen molar-refractivity contribution in [1.82, 2.24) is 5.32 Å². The largest absolute Gasteiger partial charge is 0.493 e. The van der Waals surface area contributed by atoms with Crippen molar-refractivity contribution < 1.29 is 19.7 Å². The first-order chi connectivity index (χ1) is 13.3. The van der Waals surface area contributed by atoms with Gasteiger partial charge < -0.3 is 25.0 Å². The zero-order valence-electron chi connectivity index (χ0n) is 15.6. The number of aliphatic hydroxyl groups excluding tert-OH is 2. The zero-order chi connectivity index (χ0) is 18.9. The molecule has 0 amide bonds. The van der Waals surface area contributed by atoms with Gasteiger partial charge in [0.15, 0.2) is 0 Å². The molecule has 146 valence electrons. The fourth-order valence-corrected chi connectivity index (χ4v) is 3.26. The van der Waals surface area contributed by atoms with E-state index >= 15 is 0 Å². The van der Waals surface area contributed by atoms with Crippen molar-refractivity contribution in [1.29, 1.82) is 0 Å². The Bertz CT molecular complexity index is 692. The lowest BCUT2D eigenvalue weighted by molar-refractivity contribution is 0.0996. The molecule has 1 aliphatic rings. The first kappa shape index (κ1) is 19.7. The number of fused-ring (bicyclic) bond motifs is 1. The average Bonchev–Trinajstić information content (AvgIpc) is 2.72. The fraction of sp³-hybridized carbons (Fsp3) is 0.455. The van der Waals surface area contributed by atoms with Gasteiger partial charge in [0.25, 0.3) is 0 Å². The van der Waals surface area contributed by atoms with Gasteiger partial charge in [0.05, 0.1) is 12.7 Å². The van der Waals surface area contributed by atoms with E-state index in [1.807, 2.05) is 18.2 Å². The molecule has 2 unspecified atom stereocenters. The molecule has 0 spiro atoms. The van der Waals surface area contributed by atoms with Crippen LogP contribution in [-0.2, 0) is 6.42 Å². The van der Waals surface area contributed by atoms with Crippen molar-refractivity contribution in [2.75, 3.05) is 32.9 Å². The van der Waals surface area contributed by atoms with E-state index in [2.05, 4.69) is 35.6 Å². The highest BCUT2D eigenvalue weighted by Gasteiger charge is 2.21. The summed E-state index contributed by atoms with van der Waals surface area (Å²) < 4.78 is 11.7. The van der Waals surface area contributed by atoms with Crippen LogP contribution in [0.3, 0.4) is 0 Å². The smallest absolute Gasteiger partial charge is 0.126 e. The van der Waals surface area contributed by atoms with E-state index in [4.69, 9.17) is 14.6 Å². The molecule has 0 saturated carbocycles. The van der Waals surface area contributed by atoms with Gasteiger partial charge in [-0.25, -0.2) is 0 Å². The molecule has 3 N–H and O–H groups in total. The number of hydrogen-bond donors (Lipinski definition) is 3. The van der Waals surface area contributed by atoms with E-state index in [0.29, 0.717) is 25.5 Å². The Morgan fingerprint density at radius 1 is 1.15 bits per heavy atom. The molecule has 27 heavy (non-hydrogen) atoms.